The molecular formula is C22H30N6O4. The molecule has 1 aromatic carbocycles. The Balaban J connectivity index is 1.54. The lowest BCUT2D eigenvalue weighted by Gasteiger charge is -2.35. The highest BCUT2D eigenvalue weighted by molar-refractivity contribution is 5.97. The van der Waals surface area contributed by atoms with Crippen LogP contribution in [0.15, 0.2) is 12.1 Å². The van der Waals surface area contributed by atoms with Crippen molar-refractivity contribution in [3.63, 3.8) is 0 Å². The second-order valence-corrected chi connectivity index (χ2v) is 8.87. The molecular weight excluding hydrogens is 412 g/mol. The molecule has 2 aliphatic rings. The molecule has 2 aliphatic heterocycles. The third-order valence-corrected chi connectivity index (χ3v) is 6.40. The Morgan fingerprint density at radius 3 is 2.91 bits per heavy atom. The number of hydrogen-bond donors (Lipinski definition) is 3. The van der Waals surface area contributed by atoms with Crippen LogP contribution < -0.4 is 15.0 Å². The van der Waals surface area contributed by atoms with Gasteiger partial charge < -0.3 is 29.4 Å². The van der Waals surface area contributed by atoms with E-state index in [1.165, 1.54) is 0 Å². The number of aromatic amines is 1. The normalized spacial score (nSPS) is 20.6. The van der Waals surface area contributed by atoms with Gasteiger partial charge in [0.1, 0.15) is 23.4 Å². The smallest absolute Gasteiger partial charge is 0.324 e. The maximum Gasteiger partial charge on any atom is 0.324 e. The summed E-state index contributed by atoms with van der Waals surface area (Å²) in [5, 5.41) is 21.7. The summed E-state index contributed by atoms with van der Waals surface area (Å²) in [6.45, 7) is 4.85. The second kappa shape index (κ2) is 9.12. The van der Waals surface area contributed by atoms with E-state index in [-0.39, 0.29) is 11.9 Å². The molecule has 1 atom stereocenters. The molecule has 172 valence electrons. The third kappa shape index (κ3) is 4.67. The molecule has 0 spiro atoms. The van der Waals surface area contributed by atoms with Crippen molar-refractivity contribution >= 4 is 28.7 Å². The number of carbonyl (C=O) groups excluding carboxylic acids is 1. The lowest BCUT2D eigenvalue weighted by Crippen LogP contribution is -2.46. The first-order chi connectivity index (χ1) is 15.4. The van der Waals surface area contributed by atoms with E-state index in [0.717, 1.165) is 42.7 Å². The zero-order chi connectivity index (χ0) is 22.7. The predicted octanol–water partition coefficient (Wildman–Crippen LogP) is 2.66. The molecule has 10 heteroatoms. The van der Waals surface area contributed by atoms with Crippen LogP contribution in [0.1, 0.15) is 32.6 Å². The van der Waals surface area contributed by atoms with Crippen molar-refractivity contribution in [2.24, 2.45) is 5.92 Å². The molecule has 1 unspecified atom stereocenters. The number of benzene rings is 1. The van der Waals surface area contributed by atoms with Crippen LogP contribution in [-0.4, -0.2) is 71.5 Å². The number of nitriles is 1. The Morgan fingerprint density at radius 2 is 2.19 bits per heavy atom. The quantitative estimate of drug-likeness (QED) is 0.608. The van der Waals surface area contributed by atoms with E-state index >= 15 is 0 Å². The second-order valence-electron chi connectivity index (χ2n) is 8.87. The van der Waals surface area contributed by atoms with Crippen LogP contribution in [0, 0.1) is 17.4 Å². The number of ether oxygens (including phenoxy) is 2. The molecule has 3 heterocycles. The Kier molecular flexibility index (Phi) is 6.28. The summed E-state index contributed by atoms with van der Waals surface area (Å²) in [7, 11) is 1.60. The lowest BCUT2D eigenvalue weighted by molar-refractivity contribution is 0.00569. The summed E-state index contributed by atoms with van der Waals surface area (Å²) in [5.41, 5.74) is 1.68. The number of aliphatic hydroxyl groups is 1. The molecule has 0 radical (unpaired) electrons. The molecule has 2 aromatic rings. The summed E-state index contributed by atoms with van der Waals surface area (Å²) in [4.78, 5) is 24.5. The minimum absolute atomic E-state index is 0.244. The molecule has 0 bridgehead atoms. The molecule has 0 saturated carbocycles. The van der Waals surface area contributed by atoms with E-state index in [4.69, 9.17) is 14.7 Å². The van der Waals surface area contributed by atoms with Gasteiger partial charge in [0.15, 0.2) is 0 Å². The molecule has 2 fully saturated rings. The van der Waals surface area contributed by atoms with Crippen LogP contribution in [0.2, 0.25) is 0 Å². The van der Waals surface area contributed by atoms with Gasteiger partial charge in [-0.1, -0.05) is 0 Å². The van der Waals surface area contributed by atoms with Crippen LogP contribution >= 0.6 is 0 Å². The van der Waals surface area contributed by atoms with Gasteiger partial charge in [-0.2, -0.15) is 5.26 Å². The van der Waals surface area contributed by atoms with Crippen molar-refractivity contribution in [1.82, 2.24) is 14.9 Å². The fourth-order valence-corrected chi connectivity index (χ4v) is 4.49. The number of H-pyrrole nitrogens is 1. The number of likely N-dealkylation sites (tertiary alicyclic amines) is 1. The molecule has 32 heavy (non-hydrogen) atoms. The SMILES string of the molecule is COc1ccc(N2CCCC(COC#N)C2)c2nc(NC(=O)N3CCC(C)(O)CC3)[nH]c12. The molecule has 2 amide bonds. The molecule has 4 rings (SSSR count). The largest absolute Gasteiger partial charge is 0.494 e. The van der Waals surface area contributed by atoms with Crippen molar-refractivity contribution < 1.29 is 19.4 Å². The maximum atomic E-state index is 12.7. The fourth-order valence-electron chi connectivity index (χ4n) is 4.49. The number of urea groups is 1. The van der Waals surface area contributed by atoms with Crippen LogP contribution in [0.5, 0.6) is 5.75 Å². The summed E-state index contributed by atoms with van der Waals surface area (Å²) in [6, 6.07) is 3.63. The Labute approximate surface area is 187 Å². The molecule has 10 nitrogen and oxygen atoms in total. The van der Waals surface area contributed by atoms with Crippen molar-refractivity contribution in [2.75, 3.05) is 50.1 Å². The van der Waals surface area contributed by atoms with Crippen molar-refractivity contribution in [3.05, 3.63) is 12.1 Å². The van der Waals surface area contributed by atoms with Gasteiger partial charge in [0.2, 0.25) is 5.95 Å². The summed E-state index contributed by atoms with van der Waals surface area (Å²) in [5.74, 6) is 1.27. The number of hydrogen-bond acceptors (Lipinski definition) is 7. The average Bonchev–Trinajstić information content (AvgIpc) is 3.20. The number of aromatic nitrogens is 2. The van der Waals surface area contributed by atoms with E-state index in [9.17, 15) is 9.90 Å². The number of imidazole rings is 1. The standard InChI is InChI=1S/C22H30N6O4/c1-22(30)7-10-27(11-8-22)21(29)26-20-24-18-16(5-6-17(31-2)19(18)25-20)28-9-3-4-15(12-28)13-32-14-23/h5-6,15,30H,3-4,7-13H2,1-2H3,(H2,24,25,26,29). The average molecular weight is 443 g/mol. The molecule has 2 saturated heterocycles. The van der Waals surface area contributed by atoms with Crippen LogP contribution in [0.25, 0.3) is 11.0 Å². The summed E-state index contributed by atoms with van der Waals surface area (Å²) < 4.78 is 10.5. The van der Waals surface area contributed by atoms with Gasteiger partial charge in [0.05, 0.1) is 18.4 Å². The molecule has 3 N–H and O–H groups in total. The highest BCUT2D eigenvalue weighted by Crippen LogP contribution is 2.35. The minimum atomic E-state index is -0.719. The van der Waals surface area contributed by atoms with Gasteiger partial charge in [-0.05, 0) is 44.7 Å². The van der Waals surface area contributed by atoms with E-state index in [2.05, 4.69) is 20.2 Å². The summed E-state index contributed by atoms with van der Waals surface area (Å²) >= 11 is 0. The number of fused-ring (bicyclic) bond motifs is 1. The fraction of sp³-hybridized carbons (Fsp3) is 0.591. The topological polar surface area (TPSA) is 127 Å². The van der Waals surface area contributed by atoms with Gasteiger partial charge in [0.25, 0.3) is 6.26 Å². The third-order valence-electron chi connectivity index (χ3n) is 6.40. The zero-order valence-electron chi connectivity index (χ0n) is 18.6. The van der Waals surface area contributed by atoms with Gasteiger partial charge >= 0.3 is 6.03 Å². The highest BCUT2D eigenvalue weighted by Gasteiger charge is 2.30. The first-order valence-electron chi connectivity index (χ1n) is 11.0. The van der Waals surface area contributed by atoms with Gasteiger partial charge in [-0.3, -0.25) is 5.32 Å². The van der Waals surface area contributed by atoms with Crippen LogP contribution in [-0.2, 0) is 4.74 Å². The summed E-state index contributed by atoms with van der Waals surface area (Å²) in [6.07, 6.45) is 4.86. The van der Waals surface area contributed by atoms with Crippen LogP contribution in [0.4, 0.5) is 16.4 Å². The molecule has 0 aliphatic carbocycles. The van der Waals surface area contributed by atoms with Crippen molar-refractivity contribution in [2.45, 2.75) is 38.2 Å². The van der Waals surface area contributed by atoms with E-state index in [1.54, 1.807) is 25.2 Å². The number of nitrogens with zero attached hydrogens (tertiary/aromatic N) is 4. The van der Waals surface area contributed by atoms with Gasteiger partial charge in [-0.15, -0.1) is 0 Å². The van der Waals surface area contributed by atoms with E-state index in [0.29, 0.717) is 44.2 Å². The van der Waals surface area contributed by atoms with E-state index < -0.39 is 5.60 Å². The van der Waals surface area contributed by atoms with Crippen LogP contribution in [0.3, 0.4) is 0 Å². The van der Waals surface area contributed by atoms with Gasteiger partial charge in [0, 0.05) is 32.1 Å². The number of piperidine rings is 2. The first-order valence-corrected chi connectivity index (χ1v) is 11.0. The zero-order valence-corrected chi connectivity index (χ0v) is 18.6. The predicted molar refractivity (Wildman–Crippen MR) is 120 cm³/mol. The van der Waals surface area contributed by atoms with Crippen molar-refractivity contribution in [3.8, 4) is 12.0 Å². The molecule has 1 aromatic heterocycles. The monoisotopic (exact) mass is 442 g/mol. The maximum absolute atomic E-state index is 12.7. The number of amides is 2. The van der Waals surface area contributed by atoms with E-state index in [1.807, 2.05) is 12.1 Å². The number of carbonyl (C=O) groups is 1. The van der Waals surface area contributed by atoms with Crippen molar-refractivity contribution in [1.29, 1.82) is 5.26 Å². The first kappa shape index (κ1) is 22.0. The number of anilines is 2. The minimum Gasteiger partial charge on any atom is -0.494 e. The Hall–Kier alpha value is -3.19. The Morgan fingerprint density at radius 1 is 1.41 bits per heavy atom. The highest BCUT2D eigenvalue weighted by atomic mass is 16.5. The van der Waals surface area contributed by atoms with Gasteiger partial charge in [-0.25, -0.2) is 9.78 Å². The Bertz CT molecular complexity index is 1000. The number of nitrogens with one attached hydrogen (secondary N) is 2. The number of rotatable bonds is 5. The lowest BCUT2D eigenvalue weighted by atomic mass is 9.94. The number of methoxy groups -OCH3 is 1.